The van der Waals surface area contributed by atoms with Gasteiger partial charge in [0, 0.05) is 17.6 Å². The van der Waals surface area contributed by atoms with E-state index in [1.807, 2.05) is 29.2 Å². The highest BCUT2D eigenvalue weighted by Gasteiger charge is 2.42. The van der Waals surface area contributed by atoms with Gasteiger partial charge in [-0.25, -0.2) is 0 Å². The van der Waals surface area contributed by atoms with Crippen LogP contribution in [0.4, 0.5) is 0 Å². The zero-order chi connectivity index (χ0) is 22.4. The first kappa shape index (κ1) is 22.7. The molecular formula is C26H31ClN4O. The molecule has 1 heterocycles. The molecule has 1 aromatic carbocycles. The number of halogens is 1. The van der Waals surface area contributed by atoms with Gasteiger partial charge in [0.15, 0.2) is 0 Å². The number of carbonyl (C=O) groups is 1. The average Bonchev–Trinajstić information content (AvgIpc) is 2.85. The maximum atomic E-state index is 13.4. The smallest absolute Gasteiger partial charge is 0.255 e. The third kappa shape index (κ3) is 5.11. The summed E-state index contributed by atoms with van der Waals surface area (Å²) in [5.41, 5.74) is 8.21. The molecule has 2 aromatic rings. The zero-order valence-corrected chi connectivity index (χ0v) is 19.1. The molecule has 1 amide bonds. The Morgan fingerprint density at radius 2 is 1.94 bits per heavy atom. The van der Waals surface area contributed by atoms with Crippen molar-refractivity contribution < 1.29 is 4.79 Å². The standard InChI is InChI=1S/C26H31ClN4O/c27-23-8-4-7-22(17-23)26(19-28)13-9-24(10-14-26)31(16-12-20-5-2-1-3-6-20)25(32)21-11-15-29-30-18-21/h1-8,11,15,18,22,24H,9-10,12-14,16-17,19,28H2/t22?,24-,26-. The van der Waals surface area contributed by atoms with E-state index in [0.29, 0.717) is 24.6 Å². The Labute approximate surface area is 195 Å². The fourth-order valence-electron chi connectivity index (χ4n) is 5.20. The third-order valence-electron chi connectivity index (χ3n) is 7.20. The second kappa shape index (κ2) is 10.4. The Morgan fingerprint density at radius 1 is 1.16 bits per heavy atom. The van der Waals surface area contributed by atoms with Crippen molar-refractivity contribution in [2.24, 2.45) is 17.1 Å². The van der Waals surface area contributed by atoms with Crippen LogP contribution in [0.25, 0.3) is 0 Å². The Kier molecular flexibility index (Phi) is 7.38. The fraction of sp³-hybridized carbons (Fsp3) is 0.423. The maximum Gasteiger partial charge on any atom is 0.255 e. The van der Waals surface area contributed by atoms with E-state index in [4.69, 9.17) is 17.3 Å². The summed E-state index contributed by atoms with van der Waals surface area (Å²) in [5, 5.41) is 8.64. The minimum atomic E-state index is 0.0321. The molecule has 1 atom stereocenters. The number of carbonyl (C=O) groups excluding carboxylic acids is 1. The van der Waals surface area contributed by atoms with Crippen LogP contribution in [0.1, 0.15) is 48.0 Å². The number of allylic oxidation sites excluding steroid dienone is 4. The summed E-state index contributed by atoms with van der Waals surface area (Å²) in [7, 11) is 0. The van der Waals surface area contributed by atoms with Crippen LogP contribution >= 0.6 is 11.6 Å². The number of nitrogens with two attached hydrogens (primary N) is 1. The largest absolute Gasteiger partial charge is 0.335 e. The van der Waals surface area contributed by atoms with Crippen molar-refractivity contribution >= 4 is 17.5 Å². The van der Waals surface area contributed by atoms with E-state index in [1.165, 1.54) is 5.56 Å². The van der Waals surface area contributed by atoms with E-state index in [0.717, 1.165) is 43.6 Å². The van der Waals surface area contributed by atoms with Crippen LogP contribution < -0.4 is 5.73 Å². The van der Waals surface area contributed by atoms with Crippen molar-refractivity contribution in [1.29, 1.82) is 0 Å². The van der Waals surface area contributed by atoms with E-state index in [9.17, 15) is 4.79 Å². The highest BCUT2D eigenvalue weighted by Crippen LogP contribution is 2.47. The number of benzene rings is 1. The molecule has 5 nitrogen and oxygen atoms in total. The molecule has 1 fully saturated rings. The van der Waals surface area contributed by atoms with Crippen LogP contribution in [0.5, 0.6) is 0 Å². The lowest BCUT2D eigenvalue weighted by Gasteiger charge is -2.47. The van der Waals surface area contributed by atoms with Crippen LogP contribution in [0.3, 0.4) is 0 Å². The van der Waals surface area contributed by atoms with Crippen molar-refractivity contribution in [3.05, 3.63) is 83.2 Å². The average molecular weight is 451 g/mol. The summed E-state index contributed by atoms with van der Waals surface area (Å²) in [6.07, 6.45) is 15.0. The molecule has 0 spiro atoms. The summed E-state index contributed by atoms with van der Waals surface area (Å²) in [5.74, 6) is 0.397. The van der Waals surface area contributed by atoms with Crippen LogP contribution in [0.15, 0.2) is 72.1 Å². The van der Waals surface area contributed by atoms with Gasteiger partial charge >= 0.3 is 0 Å². The second-order valence-corrected chi connectivity index (χ2v) is 9.46. The van der Waals surface area contributed by atoms with Crippen LogP contribution in [-0.2, 0) is 6.42 Å². The fourth-order valence-corrected chi connectivity index (χ4v) is 5.44. The number of amides is 1. The van der Waals surface area contributed by atoms with Gasteiger partial charge < -0.3 is 10.6 Å². The van der Waals surface area contributed by atoms with E-state index >= 15 is 0 Å². The van der Waals surface area contributed by atoms with Gasteiger partial charge in [-0.2, -0.15) is 10.2 Å². The van der Waals surface area contributed by atoms with E-state index in [1.54, 1.807) is 18.5 Å². The zero-order valence-electron chi connectivity index (χ0n) is 18.4. The molecule has 1 aromatic heterocycles. The molecule has 0 saturated heterocycles. The van der Waals surface area contributed by atoms with Gasteiger partial charge in [0.25, 0.3) is 5.91 Å². The number of nitrogens with zero attached hydrogens (tertiary/aromatic N) is 3. The van der Waals surface area contributed by atoms with E-state index < -0.39 is 0 Å². The van der Waals surface area contributed by atoms with E-state index in [-0.39, 0.29) is 17.4 Å². The first-order chi connectivity index (χ1) is 15.6. The van der Waals surface area contributed by atoms with Crippen molar-refractivity contribution in [2.45, 2.75) is 44.6 Å². The van der Waals surface area contributed by atoms with Gasteiger partial charge in [-0.15, -0.1) is 0 Å². The molecule has 6 heteroatoms. The predicted molar refractivity (Wildman–Crippen MR) is 128 cm³/mol. The molecule has 1 saturated carbocycles. The summed E-state index contributed by atoms with van der Waals surface area (Å²) >= 11 is 6.34. The lowest BCUT2D eigenvalue weighted by atomic mass is 9.63. The summed E-state index contributed by atoms with van der Waals surface area (Å²) in [4.78, 5) is 15.5. The second-order valence-electron chi connectivity index (χ2n) is 8.97. The molecule has 2 N–H and O–H groups in total. The highest BCUT2D eigenvalue weighted by atomic mass is 35.5. The number of rotatable bonds is 7. The topological polar surface area (TPSA) is 72.1 Å². The van der Waals surface area contributed by atoms with Crippen LogP contribution in [0.2, 0.25) is 0 Å². The predicted octanol–water partition coefficient (Wildman–Crippen LogP) is 4.75. The quantitative estimate of drug-likeness (QED) is 0.660. The third-order valence-corrected chi connectivity index (χ3v) is 7.48. The van der Waals surface area contributed by atoms with Gasteiger partial charge in [0.1, 0.15) is 0 Å². The molecule has 4 rings (SSSR count). The van der Waals surface area contributed by atoms with Crippen molar-refractivity contribution in [2.75, 3.05) is 13.1 Å². The first-order valence-electron chi connectivity index (χ1n) is 11.5. The molecule has 1 unspecified atom stereocenters. The molecule has 0 aliphatic heterocycles. The molecule has 2 aliphatic rings. The van der Waals surface area contributed by atoms with Gasteiger partial charge in [0.05, 0.1) is 18.0 Å². The van der Waals surface area contributed by atoms with Crippen molar-refractivity contribution in [1.82, 2.24) is 15.1 Å². The number of hydrogen-bond acceptors (Lipinski definition) is 4. The van der Waals surface area contributed by atoms with Gasteiger partial charge in [-0.3, -0.25) is 4.79 Å². The molecule has 2 aliphatic carbocycles. The Balaban J connectivity index is 1.49. The molecule has 32 heavy (non-hydrogen) atoms. The lowest BCUT2D eigenvalue weighted by Crippen LogP contribution is -2.48. The minimum absolute atomic E-state index is 0.0321. The monoisotopic (exact) mass is 450 g/mol. The lowest BCUT2D eigenvalue weighted by molar-refractivity contribution is 0.0456. The molecule has 168 valence electrons. The Bertz CT molecular complexity index is 952. The molecule has 0 bridgehead atoms. The first-order valence-corrected chi connectivity index (χ1v) is 11.8. The Hall–Kier alpha value is -2.50. The van der Waals surface area contributed by atoms with Crippen molar-refractivity contribution in [3.63, 3.8) is 0 Å². The minimum Gasteiger partial charge on any atom is -0.335 e. The van der Waals surface area contributed by atoms with Crippen LogP contribution in [0, 0.1) is 11.3 Å². The van der Waals surface area contributed by atoms with Gasteiger partial charge in [-0.05, 0) is 74.1 Å². The summed E-state index contributed by atoms with van der Waals surface area (Å²) in [6.45, 7) is 1.33. The summed E-state index contributed by atoms with van der Waals surface area (Å²) < 4.78 is 0. The van der Waals surface area contributed by atoms with Crippen LogP contribution in [-0.4, -0.2) is 40.1 Å². The van der Waals surface area contributed by atoms with E-state index in [2.05, 4.69) is 34.5 Å². The molecular weight excluding hydrogens is 420 g/mol. The molecule has 0 radical (unpaired) electrons. The maximum absolute atomic E-state index is 13.4. The summed E-state index contributed by atoms with van der Waals surface area (Å²) in [6, 6.07) is 12.3. The normalized spacial score (nSPS) is 25.2. The SMILES string of the molecule is NC[C@]1(C2C=CC=C(Cl)C2)CC[C@H](N(CCc2ccccc2)C(=O)c2ccnnc2)CC1. The number of aromatic nitrogens is 2. The Morgan fingerprint density at radius 3 is 2.59 bits per heavy atom. The van der Waals surface area contributed by atoms with Gasteiger partial charge in [0.2, 0.25) is 0 Å². The van der Waals surface area contributed by atoms with Crippen molar-refractivity contribution in [3.8, 4) is 0 Å². The van der Waals surface area contributed by atoms with Gasteiger partial charge in [-0.1, -0.05) is 54.1 Å². The highest BCUT2D eigenvalue weighted by molar-refractivity contribution is 6.29. The number of hydrogen-bond donors (Lipinski definition) is 1.